The Labute approximate surface area is 234 Å². The molecule has 2 atom stereocenters. The molecule has 3 aromatic rings. The van der Waals surface area contributed by atoms with Gasteiger partial charge in [0.15, 0.2) is 0 Å². The summed E-state index contributed by atoms with van der Waals surface area (Å²) in [5.74, 6) is -1.04. The maximum atomic E-state index is 14.1. The molecule has 11 heteroatoms. The van der Waals surface area contributed by atoms with Gasteiger partial charge >= 0.3 is 12.2 Å². The fourth-order valence-corrected chi connectivity index (χ4v) is 5.32. The number of hydrogen-bond donors (Lipinski definition) is 2. The Morgan fingerprint density at radius 2 is 1.76 bits per heavy atom. The predicted octanol–water partition coefficient (Wildman–Crippen LogP) is 4.21. The molecule has 0 saturated heterocycles. The van der Waals surface area contributed by atoms with Gasteiger partial charge in [0.2, 0.25) is 5.91 Å². The van der Waals surface area contributed by atoms with Crippen molar-refractivity contribution in [3.8, 4) is 0 Å². The lowest BCUT2D eigenvalue weighted by Gasteiger charge is -2.33. The van der Waals surface area contributed by atoms with E-state index in [1.807, 2.05) is 30.3 Å². The maximum Gasteiger partial charge on any atom is 0.416 e. The minimum atomic E-state index is -4.70. The van der Waals surface area contributed by atoms with Crippen molar-refractivity contribution >= 4 is 17.8 Å². The van der Waals surface area contributed by atoms with Crippen LogP contribution in [0, 0.1) is 0 Å². The van der Waals surface area contributed by atoms with Crippen LogP contribution in [0.25, 0.3) is 0 Å². The monoisotopic (exact) mass is 563 g/mol. The molecule has 0 fully saturated rings. The minimum absolute atomic E-state index is 0.0266. The highest BCUT2D eigenvalue weighted by Gasteiger charge is 2.48. The average Bonchev–Trinajstić information content (AvgIpc) is 3.31. The molecule has 41 heavy (non-hydrogen) atoms. The highest BCUT2D eigenvalue weighted by Crippen LogP contribution is 2.42. The van der Waals surface area contributed by atoms with E-state index in [0.29, 0.717) is 11.4 Å². The molecule has 0 aliphatic carbocycles. The van der Waals surface area contributed by atoms with Gasteiger partial charge in [0, 0.05) is 19.2 Å². The highest BCUT2D eigenvalue weighted by molar-refractivity contribution is 6.03. The van der Waals surface area contributed by atoms with E-state index in [1.165, 1.54) is 28.0 Å². The summed E-state index contributed by atoms with van der Waals surface area (Å²) in [4.78, 5) is 47.7. The Kier molecular flexibility index (Phi) is 7.78. The summed E-state index contributed by atoms with van der Waals surface area (Å²) in [6.45, 7) is 1.93. The third kappa shape index (κ3) is 5.65. The predicted molar refractivity (Wildman–Crippen MR) is 144 cm³/mol. The van der Waals surface area contributed by atoms with Crippen LogP contribution in [0.5, 0.6) is 0 Å². The van der Waals surface area contributed by atoms with Gasteiger partial charge in [-0.15, -0.1) is 0 Å². The zero-order valence-electron chi connectivity index (χ0n) is 22.2. The molecule has 2 N–H and O–H groups in total. The van der Waals surface area contributed by atoms with Crippen LogP contribution in [-0.2, 0) is 28.7 Å². The summed E-state index contributed by atoms with van der Waals surface area (Å²) in [6.07, 6.45) is -2.93. The molecule has 0 unspecified atom stereocenters. The van der Waals surface area contributed by atoms with Crippen LogP contribution in [0.3, 0.4) is 0 Å². The van der Waals surface area contributed by atoms with Crippen molar-refractivity contribution in [2.75, 3.05) is 13.1 Å². The van der Waals surface area contributed by atoms with Crippen LogP contribution in [0.1, 0.15) is 35.3 Å². The summed E-state index contributed by atoms with van der Waals surface area (Å²) in [5, 5.41) is 5.45. The lowest BCUT2D eigenvalue weighted by atomic mass is 9.91. The molecule has 0 radical (unpaired) electrons. The van der Waals surface area contributed by atoms with Gasteiger partial charge < -0.3 is 15.5 Å². The van der Waals surface area contributed by atoms with Crippen LogP contribution in [0.15, 0.2) is 90.3 Å². The highest BCUT2D eigenvalue weighted by atomic mass is 19.4. The van der Waals surface area contributed by atoms with Gasteiger partial charge in [-0.3, -0.25) is 19.5 Å². The molecule has 0 saturated carbocycles. The van der Waals surface area contributed by atoms with Crippen LogP contribution in [0.2, 0.25) is 0 Å². The van der Waals surface area contributed by atoms with E-state index in [4.69, 9.17) is 0 Å². The first-order valence-corrected chi connectivity index (χ1v) is 13.2. The fourth-order valence-electron chi connectivity index (χ4n) is 5.32. The molecule has 4 amide bonds. The number of halogens is 3. The van der Waals surface area contributed by atoms with E-state index in [-0.39, 0.29) is 37.2 Å². The van der Waals surface area contributed by atoms with Gasteiger partial charge in [-0.05, 0) is 36.2 Å². The molecule has 0 bridgehead atoms. The van der Waals surface area contributed by atoms with Gasteiger partial charge in [-0.25, -0.2) is 4.79 Å². The first-order valence-electron chi connectivity index (χ1n) is 13.2. The molecule has 2 aromatic carbocycles. The third-order valence-electron chi connectivity index (χ3n) is 7.26. The number of benzene rings is 2. The minimum Gasteiger partial charge on any atom is -0.349 e. The Hall–Kier alpha value is -4.67. The van der Waals surface area contributed by atoms with Crippen LogP contribution in [-0.4, -0.2) is 51.8 Å². The number of carbonyl (C=O) groups is 3. The van der Waals surface area contributed by atoms with Crippen LogP contribution < -0.4 is 10.6 Å². The Morgan fingerprint density at radius 1 is 1.05 bits per heavy atom. The normalized spacial score (nSPS) is 17.8. The Balaban J connectivity index is 1.52. The largest absolute Gasteiger partial charge is 0.416 e. The van der Waals surface area contributed by atoms with Crippen molar-refractivity contribution in [1.29, 1.82) is 0 Å². The summed E-state index contributed by atoms with van der Waals surface area (Å²) in [5.41, 5.74) is 0.565. The SMILES string of the molecule is CCN1C(=O)N[C@H](c2ccccc2C(F)(F)F)C2=C1CN([C@H](Cc1ccccc1)C(=O)NCc1ccccn1)C2=O. The summed E-state index contributed by atoms with van der Waals surface area (Å²) < 4.78 is 41.9. The molecule has 8 nitrogen and oxygen atoms in total. The lowest BCUT2D eigenvalue weighted by molar-refractivity contribution is -0.138. The number of likely N-dealkylation sites (N-methyl/N-ethyl adjacent to an activating group) is 1. The molecule has 212 valence electrons. The van der Waals surface area contributed by atoms with Gasteiger partial charge in [-0.1, -0.05) is 54.6 Å². The van der Waals surface area contributed by atoms with Crippen molar-refractivity contribution < 1.29 is 27.6 Å². The number of nitrogens with one attached hydrogen (secondary N) is 2. The van der Waals surface area contributed by atoms with Gasteiger partial charge in [-0.2, -0.15) is 13.2 Å². The second-order valence-corrected chi connectivity index (χ2v) is 9.75. The standard InChI is InChI=1S/C30H28F3N5O3/c1-2-37-24-18-38(23(16-19-10-4-3-5-11-19)27(39)35-17-20-12-8-9-15-34-20)28(40)25(24)26(36-29(37)41)21-13-6-7-14-22(21)30(31,32)33/h3-15,23,26H,2,16-18H2,1H3,(H,35,39)(H,36,41)/t23-,26-/m1/s1. The number of hydrogen-bond acceptors (Lipinski definition) is 4. The number of nitrogens with zero attached hydrogens (tertiary/aromatic N) is 3. The van der Waals surface area contributed by atoms with Gasteiger partial charge in [0.05, 0.1) is 41.7 Å². The molecule has 0 spiro atoms. The van der Waals surface area contributed by atoms with E-state index >= 15 is 0 Å². The van der Waals surface area contributed by atoms with Crippen LogP contribution >= 0.6 is 0 Å². The van der Waals surface area contributed by atoms with E-state index < -0.39 is 41.7 Å². The number of amides is 4. The van der Waals surface area contributed by atoms with E-state index in [1.54, 1.807) is 31.3 Å². The summed E-state index contributed by atoms with van der Waals surface area (Å²) in [6, 6.07) is 16.4. The van der Waals surface area contributed by atoms with Gasteiger partial charge in [0.25, 0.3) is 5.91 Å². The molecule has 1 aromatic heterocycles. The number of carbonyl (C=O) groups excluding carboxylic acids is 3. The van der Waals surface area contributed by atoms with Gasteiger partial charge in [0.1, 0.15) is 6.04 Å². The van der Waals surface area contributed by atoms with Crippen molar-refractivity contribution in [3.05, 3.63) is 113 Å². The number of alkyl halides is 3. The number of aromatic nitrogens is 1. The molecule has 2 aliphatic heterocycles. The topological polar surface area (TPSA) is 94.6 Å². The van der Waals surface area contributed by atoms with E-state index in [0.717, 1.165) is 11.6 Å². The Morgan fingerprint density at radius 3 is 2.44 bits per heavy atom. The number of pyridine rings is 1. The van der Waals surface area contributed by atoms with Crippen molar-refractivity contribution in [3.63, 3.8) is 0 Å². The molecule has 5 rings (SSSR count). The first-order chi connectivity index (χ1) is 19.7. The molecular formula is C30H28F3N5O3. The van der Waals surface area contributed by atoms with Crippen molar-refractivity contribution in [2.45, 2.75) is 38.1 Å². The first kappa shape index (κ1) is 27.9. The maximum absolute atomic E-state index is 14.1. The summed E-state index contributed by atoms with van der Waals surface area (Å²) >= 11 is 0. The van der Waals surface area contributed by atoms with E-state index in [9.17, 15) is 27.6 Å². The second kappa shape index (κ2) is 11.4. The molecular weight excluding hydrogens is 535 g/mol. The average molecular weight is 564 g/mol. The third-order valence-corrected chi connectivity index (χ3v) is 7.26. The van der Waals surface area contributed by atoms with Crippen molar-refractivity contribution in [1.82, 2.24) is 25.4 Å². The quantitative estimate of drug-likeness (QED) is 0.430. The smallest absolute Gasteiger partial charge is 0.349 e. The fraction of sp³-hybridized carbons (Fsp3) is 0.267. The van der Waals surface area contributed by atoms with E-state index in [2.05, 4.69) is 15.6 Å². The Bertz CT molecular complexity index is 1480. The molecule has 3 heterocycles. The second-order valence-electron chi connectivity index (χ2n) is 9.75. The van der Waals surface area contributed by atoms with Crippen molar-refractivity contribution in [2.24, 2.45) is 0 Å². The summed E-state index contributed by atoms with van der Waals surface area (Å²) in [7, 11) is 0. The lowest BCUT2D eigenvalue weighted by Crippen LogP contribution is -2.49. The van der Waals surface area contributed by atoms with Crippen LogP contribution in [0.4, 0.5) is 18.0 Å². The zero-order valence-corrected chi connectivity index (χ0v) is 22.2. The molecule has 2 aliphatic rings. The zero-order chi connectivity index (χ0) is 29.1. The number of urea groups is 1. The number of rotatable bonds is 8.